The van der Waals surface area contributed by atoms with Gasteiger partial charge in [0.25, 0.3) is 11.8 Å². The molecule has 1 fully saturated rings. The minimum Gasteiger partial charge on any atom is -0.352 e. The molecule has 0 atom stereocenters. The average molecular weight is 469 g/mol. The zero-order valence-corrected chi connectivity index (χ0v) is 18.4. The first-order valence-corrected chi connectivity index (χ1v) is 11.1. The fourth-order valence-corrected chi connectivity index (χ4v) is 4.27. The minimum absolute atomic E-state index is 0.244. The van der Waals surface area contributed by atoms with E-state index < -0.39 is 5.54 Å². The Hall–Kier alpha value is -2.13. The van der Waals surface area contributed by atoms with Gasteiger partial charge in [-0.3, -0.25) is 14.4 Å². The maximum Gasteiger partial charge on any atom is 0.262 e. The van der Waals surface area contributed by atoms with E-state index in [9.17, 15) is 14.4 Å². The van der Waals surface area contributed by atoms with Gasteiger partial charge in [-0.15, -0.1) is 11.3 Å². The van der Waals surface area contributed by atoms with E-state index in [1.165, 1.54) is 11.3 Å². The van der Waals surface area contributed by atoms with Gasteiger partial charge in [0.1, 0.15) is 5.54 Å². The van der Waals surface area contributed by atoms with Gasteiger partial charge in [-0.05, 0) is 62.3 Å². The van der Waals surface area contributed by atoms with Crippen LogP contribution >= 0.6 is 34.5 Å². The van der Waals surface area contributed by atoms with E-state index in [1.54, 1.807) is 36.4 Å². The molecule has 3 amide bonds. The van der Waals surface area contributed by atoms with Gasteiger partial charge >= 0.3 is 0 Å². The second kappa shape index (κ2) is 10.3. The molecule has 10 heteroatoms. The third kappa shape index (κ3) is 5.72. The van der Waals surface area contributed by atoms with Crippen LogP contribution in [-0.2, 0) is 4.79 Å². The van der Waals surface area contributed by atoms with Crippen molar-refractivity contribution in [2.24, 2.45) is 0 Å². The van der Waals surface area contributed by atoms with Gasteiger partial charge < -0.3 is 21.3 Å². The van der Waals surface area contributed by atoms with E-state index in [1.807, 2.05) is 0 Å². The summed E-state index contributed by atoms with van der Waals surface area (Å²) < 4.78 is 0.514. The first kappa shape index (κ1) is 22.6. The zero-order valence-electron chi connectivity index (χ0n) is 16.1. The number of thiophene rings is 1. The summed E-state index contributed by atoms with van der Waals surface area (Å²) in [5.41, 5.74) is -0.513. The summed E-state index contributed by atoms with van der Waals surface area (Å²) in [6.07, 6.45) is 0.946. The Labute approximate surface area is 188 Å². The van der Waals surface area contributed by atoms with Gasteiger partial charge in [-0.1, -0.05) is 23.2 Å². The zero-order chi connectivity index (χ0) is 21.6. The molecule has 4 N–H and O–H groups in total. The van der Waals surface area contributed by atoms with Crippen molar-refractivity contribution < 1.29 is 14.4 Å². The van der Waals surface area contributed by atoms with Crippen LogP contribution in [0.25, 0.3) is 0 Å². The van der Waals surface area contributed by atoms with Crippen LogP contribution in [0.1, 0.15) is 32.9 Å². The minimum atomic E-state index is -1.00. The number of halogens is 2. The van der Waals surface area contributed by atoms with Crippen LogP contribution in [0.2, 0.25) is 9.36 Å². The van der Waals surface area contributed by atoms with Gasteiger partial charge in [-0.2, -0.15) is 0 Å². The fraction of sp³-hybridized carbons (Fsp3) is 0.350. The van der Waals surface area contributed by atoms with Crippen LogP contribution in [0, 0.1) is 0 Å². The Morgan fingerprint density at radius 2 is 1.60 bits per heavy atom. The molecule has 0 unspecified atom stereocenters. The Morgan fingerprint density at radius 3 is 2.23 bits per heavy atom. The highest BCUT2D eigenvalue weighted by atomic mass is 35.5. The molecule has 7 nitrogen and oxygen atoms in total. The van der Waals surface area contributed by atoms with Crippen molar-refractivity contribution in [1.82, 2.24) is 21.3 Å². The van der Waals surface area contributed by atoms with Crippen molar-refractivity contribution in [1.29, 1.82) is 0 Å². The van der Waals surface area contributed by atoms with Crippen LogP contribution < -0.4 is 21.3 Å². The maximum absolute atomic E-state index is 12.9. The molecule has 30 heavy (non-hydrogen) atoms. The van der Waals surface area contributed by atoms with Crippen molar-refractivity contribution >= 4 is 52.3 Å². The Balaban J connectivity index is 1.54. The third-order valence-electron chi connectivity index (χ3n) is 4.84. The van der Waals surface area contributed by atoms with E-state index in [4.69, 9.17) is 23.2 Å². The number of rotatable bonds is 7. The lowest BCUT2D eigenvalue weighted by atomic mass is 9.87. The standard InChI is InChI=1S/C20H22Cl2N4O3S/c21-14-3-1-13(2-4-14)17(27)24-11-12-25-19(29)20(7-9-23-10-8-20)26-18(28)15-5-6-16(22)30-15/h1-6,23H,7-12H2,(H,24,27)(H,25,29)(H,26,28). The number of carbonyl (C=O) groups excluding carboxylic acids is 3. The molecule has 1 aromatic carbocycles. The van der Waals surface area contributed by atoms with E-state index in [0.29, 0.717) is 45.7 Å². The molecule has 0 saturated carbocycles. The molecule has 1 saturated heterocycles. The third-order valence-corrected chi connectivity index (χ3v) is 6.33. The molecule has 2 heterocycles. The van der Waals surface area contributed by atoms with Crippen LogP contribution in [0.5, 0.6) is 0 Å². The number of piperidine rings is 1. The maximum atomic E-state index is 12.9. The Kier molecular flexibility index (Phi) is 7.71. The summed E-state index contributed by atoms with van der Waals surface area (Å²) in [6, 6.07) is 9.84. The number of nitrogens with one attached hydrogen (secondary N) is 4. The lowest BCUT2D eigenvalue weighted by molar-refractivity contribution is -0.128. The SMILES string of the molecule is O=C(NCCNC(=O)C1(NC(=O)c2ccc(Cl)s2)CCNCC1)c1ccc(Cl)cc1. The second-order valence-electron chi connectivity index (χ2n) is 6.91. The number of benzene rings is 1. The summed E-state index contributed by atoms with van der Waals surface area (Å²) >= 11 is 12.9. The highest BCUT2D eigenvalue weighted by Crippen LogP contribution is 2.24. The monoisotopic (exact) mass is 468 g/mol. The van der Waals surface area contributed by atoms with Gasteiger partial charge in [0.05, 0.1) is 9.21 Å². The van der Waals surface area contributed by atoms with Crippen LogP contribution in [0.15, 0.2) is 36.4 Å². The number of carbonyl (C=O) groups is 3. The van der Waals surface area contributed by atoms with E-state index in [0.717, 1.165) is 0 Å². The molecule has 2 aromatic rings. The molecule has 0 spiro atoms. The van der Waals surface area contributed by atoms with Gasteiger partial charge in [0.2, 0.25) is 5.91 Å². The normalized spacial score (nSPS) is 15.3. The van der Waals surface area contributed by atoms with Crippen molar-refractivity contribution in [2.75, 3.05) is 26.2 Å². The largest absolute Gasteiger partial charge is 0.352 e. The average Bonchev–Trinajstić information content (AvgIpc) is 3.18. The summed E-state index contributed by atoms with van der Waals surface area (Å²) in [6.45, 7) is 1.74. The molecular formula is C20H22Cl2N4O3S. The number of hydrogen-bond acceptors (Lipinski definition) is 5. The van der Waals surface area contributed by atoms with Crippen molar-refractivity contribution in [3.8, 4) is 0 Å². The number of hydrogen-bond donors (Lipinski definition) is 4. The fourth-order valence-electron chi connectivity index (χ4n) is 3.20. The van der Waals surface area contributed by atoms with Crippen molar-refractivity contribution in [2.45, 2.75) is 18.4 Å². The van der Waals surface area contributed by atoms with Crippen LogP contribution in [-0.4, -0.2) is 49.4 Å². The molecule has 160 valence electrons. The van der Waals surface area contributed by atoms with Crippen LogP contribution in [0.4, 0.5) is 0 Å². The molecule has 0 radical (unpaired) electrons. The molecular weight excluding hydrogens is 447 g/mol. The topological polar surface area (TPSA) is 99.3 Å². The molecule has 1 aliphatic rings. The van der Waals surface area contributed by atoms with Gasteiger partial charge in [0, 0.05) is 23.7 Å². The lowest BCUT2D eigenvalue weighted by Crippen LogP contribution is -2.63. The van der Waals surface area contributed by atoms with E-state index in [-0.39, 0.29) is 30.8 Å². The summed E-state index contributed by atoms with van der Waals surface area (Å²) in [4.78, 5) is 38.1. The van der Waals surface area contributed by atoms with E-state index >= 15 is 0 Å². The molecule has 3 rings (SSSR count). The Bertz CT molecular complexity index is 911. The summed E-state index contributed by atoms with van der Waals surface area (Å²) in [5, 5.41) is 12.2. The Morgan fingerprint density at radius 1 is 0.933 bits per heavy atom. The lowest BCUT2D eigenvalue weighted by Gasteiger charge is -2.36. The van der Waals surface area contributed by atoms with Gasteiger partial charge in [0.15, 0.2) is 0 Å². The highest BCUT2D eigenvalue weighted by Gasteiger charge is 2.41. The quantitative estimate of drug-likeness (QED) is 0.469. The van der Waals surface area contributed by atoms with Crippen molar-refractivity contribution in [3.63, 3.8) is 0 Å². The molecule has 1 aliphatic heterocycles. The van der Waals surface area contributed by atoms with Gasteiger partial charge in [-0.25, -0.2) is 0 Å². The second-order valence-corrected chi connectivity index (χ2v) is 9.06. The number of amides is 3. The summed E-state index contributed by atoms with van der Waals surface area (Å²) in [5.74, 6) is -0.832. The van der Waals surface area contributed by atoms with E-state index in [2.05, 4.69) is 21.3 Å². The molecule has 0 bridgehead atoms. The predicted molar refractivity (Wildman–Crippen MR) is 118 cm³/mol. The first-order valence-electron chi connectivity index (χ1n) is 9.50. The molecule has 1 aromatic heterocycles. The summed E-state index contributed by atoms with van der Waals surface area (Å²) in [7, 11) is 0. The first-order chi connectivity index (χ1) is 14.4. The van der Waals surface area contributed by atoms with Crippen LogP contribution in [0.3, 0.4) is 0 Å². The highest BCUT2D eigenvalue weighted by molar-refractivity contribution is 7.18. The molecule has 0 aliphatic carbocycles. The van der Waals surface area contributed by atoms with Crippen molar-refractivity contribution in [3.05, 3.63) is 56.2 Å². The predicted octanol–water partition coefficient (Wildman–Crippen LogP) is 2.45. The smallest absolute Gasteiger partial charge is 0.262 e.